The van der Waals surface area contributed by atoms with Crippen LogP contribution in [0.2, 0.25) is 0 Å². The SMILES string of the molecule is CCCCCCCCC(=O)Nc1ccc(N2CCCC2)c(C(=O)NCCCOCC)c1. The van der Waals surface area contributed by atoms with E-state index >= 15 is 0 Å². The van der Waals surface area contributed by atoms with Crippen LogP contribution in [0.4, 0.5) is 11.4 Å². The first kappa shape index (κ1) is 25.2. The number of amides is 2. The lowest BCUT2D eigenvalue weighted by atomic mass is 10.1. The number of nitrogens with zero attached hydrogens (tertiary/aromatic N) is 1. The molecule has 1 aromatic rings. The van der Waals surface area contributed by atoms with Gasteiger partial charge in [-0.25, -0.2) is 0 Å². The maximum Gasteiger partial charge on any atom is 0.253 e. The van der Waals surface area contributed by atoms with Crippen LogP contribution in [0.1, 0.15) is 88.4 Å². The second-order valence-electron chi connectivity index (χ2n) is 8.30. The zero-order valence-electron chi connectivity index (χ0n) is 19.5. The first-order valence-electron chi connectivity index (χ1n) is 12.2. The largest absolute Gasteiger partial charge is 0.382 e. The molecule has 2 N–H and O–H groups in total. The van der Waals surface area contributed by atoms with Crippen LogP contribution >= 0.6 is 0 Å². The molecule has 0 spiro atoms. The van der Waals surface area contributed by atoms with E-state index in [-0.39, 0.29) is 11.8 Å². The Labute approximate surface area is 188 Å². The van der Waals surface area contributed by atoms with Crippen molar-refractivity contribution in [1.82, 2.24) is 5.32 Å². The zero-order valence-corrected chi connectivity index (χ0v) is 19.5. The Hall–Kier alpha value is -2.08. The molecule has 6 nitrogen and oxygen atoms in total. The average Bonchev–Trinajstić information content (AvgIpc) is 3.30. The number of anilines is 2. The maximum atomic E-state index is 12.9. The molecule has 0 saturated carbocycles. The van der Waals surface area contributed by atoms with Gasteiger partial charge in [0.05, 0.1) is 5.56 Å². The lowest BCUT2D eigenvalue weighted by molar-refractivity contribution is -0.116. The van der Waals surface area contributed by atoms with E-state index in [0.29, 0.717) is 37.4 Å². The molecule has 1 fully saturated rings. The fourth-order valence-corrected chi connectivity index (χ4v) is 3.93. The van der Waals surface area contributed by atoms with Crippen LogP contribution in [0.15, 0.2) is 18.2 Å². The average molecular weight is 432 g/mol. The molecule has 1 aliphatic rings. The van der Waals surface area contributed by atoms with E-state index in [1.807, 2.05) is 25.1 Å². The molecule has 31 heavy (non-hydrogen) atoms. The van der Waals surface area contributed by atoms with E-state index in [4.69, 9.17) is 4.74 Å². The van der Waals surface area contributed by atoms with Crippen molar-refractivity contribution < 1.29 is 14.3 Å². The number of nitrogens with one attached hydrogen (secondary N) is 2. The minimum Gasteiger partial charge on any atom is -0.382 e. The highest BCUT2D eigenvalue weighted by Gasteiger charge is 2.20. The molecule has 1 saturated heterocycles. The first-order chi connectivity index (χ1) is 15.2. The molecular weight excluding hydrogens is 390 g/mol. The number of unbranched alkanes of at least 4 members (excludes halogenated alkanes) is 5. The van der Waals surface area contributed by atoms with Crippen molar-refractivity contribution in [3.63, 3.8) is 0 Å². The van der Waals surface area contributed by atoms with Crippen molar-refractivity contribution in [2.24, 2.45) is 0 Å². The smallest absolute Gasteiger partial charge is 0.253 e. The number of hydrogen-bond donors (Lipinski definition) is 2. The molecule has 1 aliphatic heterocycles. The van der Waals surface area contributed by atoms with Gasteiger partial charge >= 0.3 is 0 Å². The molecule has 0 unspecified atom stereocenters. The van der Waals surface area contributed by atoms with Gasteiger partial charge < -0.3 is 20.3 Å². The van der Waals surface area contributed by atoms with Crippen molar-refractivity contribution in [2.45, 2.75) is 78.1 Å². The summed E-state index contributed by atoms with van der Waals surface area (Å²) in [6, 6.07) is 5.71. The van der Waals surface area contributed by atoms with Gasteiger partial charge in [-0.2, -0.15) is 0 Å². The third-order valence-corrected chi connectivity index (χ3v) is 5.68. The fourth-order valence-electron chi connectivity index (χ4n) is 3.93. The molecule has 0 radical (unpaired) electrons. The topological polar surface area (TPSA) is 70.7 Å². The van der Waals surface area contributed by atoms with E-state index in [1.54, 1.807) is 0 Å². The van der Waals surface area contributed by atoms with Crippen molar-refractivity contribution in [2.75, 3.05) is 43.1 Å². The molecule has 0 aliphatic carbocycles. The van der Waals surface area contributed by atoms with Gasteiger partial charge in [-0.05, 0) is 50.8 Å². The van der Waals surface area contributed by atoms with Crippen molar-refractivity contribution >= 4 is 23.2 Å². The Bertz CT molecular complexity index is 672. The summed E-state index contributed by atoms with van der Waals surface area (Å²) in [4.78, 5) is 27.5. The van der Waals surface area contributed by atoms with E-state index in [1.165, 1.54) is 25.7 Å². The summed E-state index contributed by atoms with van der Waals surface area (Å²) in [5.41, 5.74) is 2.28. The van der Waals surface area contributed by atoms with Crippen molar-refractivity contribution in [3.05, 3.63) is 23.8 Å². The van der Waals surface area contributed by atoms with Crippen LogP contribution in [0.5, 0.6) is 0 Å². The Balaban J connectivity index is 1.93. The Morgan fingerprint density at radius 3 is 2.48 bits per heavy atom. The van der Waals surface area contributed by atoms with Crippen LogP contribution < -0.4 is 15.5 Å². The predicted octanol–water partition coefficient (Wildman–Crippen LogP) is 5.13. The van der Waals surface area contributed by atoms with Crippen LogP contribution in [0, 0.1) is 0 Å². The summed E-state index contributed by atoms with van der Waals surface area (Å²) in [5, 5.41) is 5.99. The van der Waals surface area contributed by atoms with Gasteiger partial charge in [-0.15, -0.1) is 0 Å². The molecule has 1 heterocycles. The van der Waals surface area contributed by atoms with Crippen LogP contribution in [-0.2, 0) is 9.53 Å². The summed E-state index contributed by atoms with van der Waals surface area (Å²) in [5.74, 6) is -0.0714. The highest BCUT2D eigenvalue weighted by molar-refractivity contribution is 6.02. The standard InChI is InChI=1S/C25H41N3O3/c1-3-5-6-7-8-9-13-24(29)27-21-14-15-23(28-17-10-11-18-28)22(20-21)25(30)26-16-12-19-31-4-2/h14-15,20H,3-13,16-19H2,1-2H3,(H,26,30)(H,27,29). The zero-order chi connectivity index (χ0) is 22.3. The van der Waals surface area contributed by atoms with Crippen molar-refractivity contribution in [3.8, 4) is 0 Å². The van der Waals surface area contributed by atoms with E-state index < -0.39 is 0 Å². The van der Waals surface area contributed by atoms with Crippen LogP contribution in [0.25, 0.3) is 0 Å². The van der Waals surface area contributed by atoms with Crippen LogP contribution in [0.3, 0.4) is 0 Å². The normalized spacial score (nSPS) is 13.4. The Kier molecular flexibility index (Phi) is 12.1. The fraction of sp³-hybridized carbons (Fsp3) is 0.680. The molecule has 2 amide bonds. The number of carbonyl (C=O) groups is 2. The summed E-state index contributed by atoms with van der Waals surface area (Å²) in [7, 11) is 0. The third kappa shape index (κ3) is 9.30. The molecular formula is C25H41N3O3. The number of carbonyl (C=O) groups excluding carboxylic acids is 2. The molecule has 6 heteroatoms. The number of ether oxygens (including phenoxy) is 1. The Morgan fingerprint density at radius 2 is 1.74 bits per heavy atom. The van der Waals surface area contributed by atoms with Gasteiger partial charge in [-0.3, -0.25) is 9.59 Å². The first-order valence-corrected chi connectivity index (χ1v) is 12.2. The number of hydrogen-bond acceptors (Lipinski definition) is 4. The van der Waals surface area contributed by atoms with Gasteiger partial charge in [0.15, 0.2) is 0 Å². The highest BCUT2D eigenvalue weighted by atomic mass is 16.5. The number of rotatable bonds is 15. The van der Waals surface area contributed by atoms with E-state index in [9.17, 15) is 9.59 Å². The van der Waals surface area contributed by atoms with E-state index in [0.717, 1.165) is 50.9 Å². The summed E-state index contributed by atoms with van der Waals surface area (Å²) in [6.45, 7) is 8.01. The summed E-state index contributed by atoms with van der Waals surface area (Å²) >= 11 is 0. The lowest BCUT2D eigenvalue weighted by Crippen LogP contribution is -2.29. The second kappa shape index (κ2) is 14.8. The maximum absolute atomic E-state index is 12.9. The minimum atomic E-state index is -0.0922. The van der Waals surface area contributed by atoms with Gasteiger partial charge in [0, 0.05) is 50.6 Å². The minimum absolute atomic E-state index is 0.0208. The second-order valence-corrected chi connectivity index (χ2v) is 8.30. The monoisotopic (exact) mass is 431 g/mol. The van der Waals surface area contributed by atoms with Crippen LogP contribution in [-0.4, -0.2) is 44.7 Å². The van der Waals surface area contributed by atoms with Crippen molar-refractivity contribution in [1.29, 1.82) is 0 Å². The highest BCUT2D eigenvalue weighted by Crippen LogP contribution is 2.27. The van der Waals surface area contributed by atoms with Gasteiger partial charge in [-0.1, -0.05) is 39.0 Å². The van der Waals surface area contributed by atoms with Gasteiger partial charge in [0.1, 0.15) is 0 Å². The molecule has 0 aromatic heterocycles. The quantitative estimate of drug-likeness (QED) is 0.378. The molecule has 2 rings (SSSR count). The Morgan fingerprint density at radius 1 is 1.00 bits per heavy atom. The third-order valence-electron chi connectivity index (χ3n) is 5.68. The molecule has 0 atom stereocenters. The molecule has 174 valence electrons. The summed E-state index contributed by atoms with van der Waals surface area (Å²) < 4.78 is 5.34. The molecule has 1 aromatic carbocycles. The van der Waals surface area contributed by atoms with Gasteiger partial charge in [0.25, 0.3) is 5.91 Å². The summed E-state index contributed by atoms with van der Waals surface area (Å²) in [6.07, 6.45) is 10.6. The molecule has 0 bridgehead atoms. The van der Waals surface area contributed by atoms with Gasteiger partial charge in [0.2, 0.25) is 5.91 Å². The van der Waals surface area contributed by atoms with E-state index in [2.05, 4.69) is 22.5 Å². The lowest BCUT2D eigenvalue weighted by Gasteiger charge is -2.22. The number of benzene rings is 1. The predicted molar refractivity (Wildman–Crippen MR) is 128 cm³/mol.